The molecule has 0 saturated heterocycles. The lowest BCUT2D eigenvalue weighted by molar-refractivity contribution is 0.175. The third-order valence-corrected chi connectivity index (χ3v) is 3.41. The van der Waals surface area contributed by atoms with E-state index in [4.69, 9.17) is 0 Å². The van der Waals surface area contributed by atoms with E-state index in [1.807, 2.05) is 51.0 Å². The number of benzene rings is 1. The van der Waals surface area contributed by atoms with Crippen LogP contribution >= 0.6 is 0 Å². The summed E-state index contributed by atoms with van der Waals surface area (Å²) >= 11 is 0. The summed E-state index contributed by atoms with van der Waals surface area (Å²) < 4.78 is 0. The molecule has 0 saturated carbocycles. The second kappa shape index (κ2) is 7.74. The lowest BCUT2D eigenvalue weighted by Gasteiger charge is -2.15. The van der Waals surface area contributed by atoms with Crippen molar-refractivity contribution in [3.05, 3.63) is 47.2 Å². The SMILES string of the molecule is Cc1cc(C)cc([C@H](O)CNC(=O)Nc2nccc(N(C)C)n2)c1. The maximum Gasteiger partial charge on any atom is 0.321 e. The van der Waals surface area contributed by atoms with Gasteiger partial charge in [-0.3, -0.25) is 5.32 Å². The van der Waals surface area contributed by atoms with Crippen LogP contribution in [0.4, 0.5) is 16.6 Å². The first kappa shape index (κ1) is 17.7. The molecule has 7 heteroatoms. The molecule has 2 amide bonds. The second-order valence-electron chi connectivity index (χ2n) is 5.90. The van der Waals surface area contributed by atoms with Crippen molar-refractivity contribution in [3.8, 4) is 0 Å². The van der Waals surface area contributed by atoms with Gasteiger partial charge in [0.15, 0.2) is 0 Å². The van der Waals surface area contributed by atoms with Crippen LogP contribution in [0.25, 0.3) is 0 Å². The summed E-state index contributed by atoms with van der Waals surface area (Å²) in [4.78, 5) is 21.9. The quantitative estimate of drug-likeness (QED) is 0.781. The largest absolute Gasteiger partial charge is 0.387 e. The topological polar surface area (TPSA) is 90.4 Å². The van der Waals surface area contributed by atoms with Crippen molar-refractivity contribution in [3.63, 3.8) is 0 Å². The molecule has 1 atom stereocenters. The molecule has 0 unspecified atom stereocenters. The molecule has 2 aromatic rings. The molecule has 0 aliphatic rings. The normalized spacial score (nSPS) is 11.7. The molecular formula is C17H23N5O2. The van der Waals surface area contributed by atoms with Crippen LogP contribution in [0.15, 0.2) is 30.5 Å². The van der Waals surface area contributed by atoms with E-state index < -0.39 is 12.1 Å². The van der Waals surface area contributed by atoms with Gasteiger partial charge in [-0.2, -0.15) is 4.98 Å². The maximum atomic E-state index is 11.9. The lowest BCUT2D eigenvalue weighted by Crippen LogP contribution is -2.33. The molecule has 128 valence electrons. The molecule has 0 radical (unpaired) electrons. The van der Waals surface area contributed by atoms with Gasteiger partial charge in [0.1, 0.15) is 5.82 Å². The van der Waals surface area contributed by atoms with Crippen molar-refractivity contribution >= 4 is 17.8 Å². The van der Waals surface area contributed by atoms with E-state index in [0.29, 0.717) is 5.82 Å². The van der Waals surface area contributed by atoms with Gasteiger partial charge in [0.2, 0.25) is 5.95 Å². The molecule has 1 heterocycles. The molecule has 1 aromatic carbocycles. The monoisotopic (exact) mass is 329 g/mol. The van der Waals surface area contributed by atoms with Crippen molar-refractivity contribution in [1.82, 2.24) is 15.3 Å². The molecule has 1 aromatic heterocycles. The Hall–Kier alpha value is -2.67. The number of anilines is 2. The first-order valence-corrected chi connectivity index (χ1v) is 7.66. The molecule has 3 N–H and O–H groups in total. The summed E-state index contributed by atoms with van der Waals surface area (Å²) in [6.07, 6.45) is 0.797. The van der Waals surface area contributed by atoms with Crippen LogP contribution in [0, 0.1) is 13.8 Å². The fourth-order valence-corrected chi connectivity index (χ4v) is 2.31. The van der Waals surface area contributed by atoms with E-state index in [1.54, 1.807) is 12.3 Å². The van der Waals surface area contributed by atoms with E-state index >= 15 is 0 Å². The fraction of sp³-hybridized carbons (Fsp3) is 0.353. The number of nitrogens with one attached hydrogen (secondary N) is 2. The van der Waals surface area contributed by atoms with Gasteiger partial charge in [-0.05, 0) is 25.5 Å². The molecule has 0 fully saturated rings. The van der Waals surface area contributed by atoms with Gasteiger partial charge < -0.3 is 15.3 Å². The maximum absolute atomic E-state index is 11.9. The summed E-state index contributed by atoms with van der Waals surface area (Å²) in [5.74, 6) is 0.898. The first-order chi connectivity index (χ1) is 11.3. The summed E-state index contributed by atoms with van der Waals surface area (Å²) in [7, 11) is 3.71. The number of aromatic nitrogens is 2. The van der Waals surface area contributed by atoms with Gasteiger partial charge in [-0.25, -0.2) is 9.78 Å². The highest BCUT2D eigenvalue weighted by Gasteiger charge is 2.11. The lowest BCUT2D eigenvalue weighted by atomic mass is 10.0. The Morgan fingerprint density at radius 3 is 2.54 bits per heavy atom. The van der Waals surface area contributed by atoms with Crippen LogP contribution < -0.4 is 15.5 Å². The number of aliphatic hydroxyl groups excluding tert-OH is 1. The van der Waals surface area contributed by atoms with Crippen molar-refractivity contribution < 1.29 is 9.90 Å². The highest BCUT2D eigenvalue weighted by atomic mass is 16.3. The molecule has 0 aliphatic heterocycles. The zero-order chi connectivity index (χ0) is 17.7. The van der Waals surface area contributed by atoms with E-state index in [2.05, 4.69) is 20.6 Å². The minimum absolute atomic E-state index is 0.0993. The van der Waals surface area contributed by atoms with Gasteiger partial charge in [-0.1, -0.05) is 29.3 Å². The molecule has 24 heavy (non-hydrogen) atoms. The fourth-order valence-electron chi connectivity index (χ4n) is 2.31. The first-order valence-electron chi connectivity index (χ1n) is 7.66. The Morgan fingerprint density at radius 1 is 1.25 bits per heavy atom. The average Bonchev–Trinajstić information content (AvgIpc) is 2.52. The van der Waals surface area contributed by atoms with Gasteiger partial charge in [-0.15, -0.1) is 0 Å². The van der Waals surface area contributed by atoms with Crippen LogP contribution in [-0.4, -0.2) is 41.7 Å². The minimum atomic E-state index is -0.775. The number of hydrogen-bond acceptors (Lipinski definition) is 5. The molecule has 7 nitrogen and oxygen atoms in total. The van der Waals surface area contributed by atoms with Crippen molar-refractivity contribution in [1.29, 1.82) is 0 Å². The smallest absolute Gasteiger partial charge is 0.321 e. The van der Waals surface area contributed by atoms with Crippen LogP contribution in [0.1, 0.15) is 22.8 Å². The van der Waals surface area contributed by atoms with Gasteiger partial charge in [0.25, 0.3) is 0 Å². The Bertz CT molecular complexity index is 698. The summed E-state index contributed by atoms with van der Waals surface area (Å²) in [5.41, 5.74) is 2.92. The van der Waals surface area contributed by atoms with Gasteiger partial charge in [0, 0.05) is 26.8 Å². The highest BCUT2D eigenvalue weighted by molar-refractivity contribution is 5.87. The van der Waals surface area contributed by atoms with Crippen LogP contribution in [0.5, 0.6) is 0 Å². The standard InChI is InChI=1S/C17H23N5O2/c1-11-7-12(2)9-13(8-11)14(23)10-19-17(24)21-16-18-6-5-15(20-16)22(3)4/h5-9,14,23H,10H2,1-4H3,(H2,18,19,20,21,24)/t14-/m1/s1. The van der Waals surface area contributed by atoms with Crippen molar-refractivity contribution in [2.24, 2.45) is 0 Å². The predicted molar refractivity (Wildman–Crippen MR) is 94.3 cm³/mol. The minimum Gasteiger partial charge on any atom is -0.387 e. The van der Waals surface area contributed by atoms with E-state index in [1.165, 1.54) is 0 Å². The number of nitrogens with zero attached hydrogens (tertiary/aromatic N) is 3. The van der Waals surface area contributed by atoms with Gasteiger partial charge >= 0.3 is 6.03 Å². The molecule has 0 bridgehead atoms. The molecular weight excluding hydrogens is 306 g/mol. The average molecular weight is 329 g/mol. The Kier molecular flexibility index (Phi) is 5.70. The third kappa shape index (κ3) is 4.92. The second-order valence-corrected chi connectivity index (χ2v) is 5.90. The zero-order valence-corrected chi connectivity index (χ0v) is 14.4. The molecule has 2 rings (SSSR count). The third-order valence-electron chi connectivity index (χ3n) is 3.41. The number of carbonyl (C=O) groups is 1. The number of aryl methyl sites for hydroxylation is 2. The van der Waals surface area contributed by atoms with E-state index in [0.717, 1.165) is 16.7 Å². The molecule has 0 aliphatic carbocycles. The summed E-state index contributed by atoms with van der Waals surface area (Å²) in [5, 5.41) is 15.4. The van der Waals surface area contributed by atoms with Crippen LogP contribution in [0.3, 0.4) is 0 Å². The number of urea groups is 1. The molecule has 0 spiro atoms. The zero-order valence-electron chi connectivity index (χ0n) is 14.4. The number of rotatable bonds is 5. The number of amides is 2. The Morgan fingerprint density at radius 2 is 1.92 bits per heavy atom. The Balaban J connectivity index is 1.92. The van der Waals surface area contributed by atoms with Crippen LogP contribution in [0.2, 0.25) is 0 Å². The van der Waals surface area contributed by atoms with Crippen molar-refractivity contribution in [2.45, 2.75) is 20.0 Å². The number of hydrogen-bond donors (Lipinski definition) is 3. The highest BCUT2D eigenvalue weighted by Crippen LogP contribution is 2.16. The summed E-state index contributed by atoms with van der Waals surface area (Å²) in [6.45, 7) is 4.04. The Labute approximate surface area is 141 Å². The summed E-state index contributed by atoms with van der Waals surface area (Å²) in [6, 6.07) is 7.12. The van der Waals surface area contributed by atoms with E-state index in [-0.39, 0.29) is 12.5 Å². The predicted octanol–water partition coefficient (Wildman–Crippen LogP) is 2.01. The number of carbonyl (C=O) groups excluding carboxylic acids is 1. The van der Waals surface area contributed by atoms with Gasteiger partial charge in [0.05, 0.1) is 6.10 Å². The van der Waals surface area contributed by atoms with Crippen LogP contribution in [-0.2, 0) is 0 Å². The van der Waals surface area contributed by atoms with Crippen molar-refractivity contribution in [2.75, 3.05) is 30.9 Å². The number of aliphatic hydroxyl groups is 1. The van der Waals surface area contributed by atoms with E-state index in [9.17, 15) is 9.90 Å².